The Morgan fingerprint density at radius 3 is 2.48 bits per heavy atom. The first kappa shape index (κ1) is 22.6. The third-order valence-electron chi connectivity index (χ3n) is 5.72. The molecule has 1 N–H and O–H groups in total. The van der Waals surface area contributed by atoms with Gasteiger partial charge in [0.05, 0.1) is 30.0 Å². The summed E-state index contributed by atoms with van der Waals surface area (Å²) in [6, 6.07) is 6.53. The van der Waals surface area contributed by atoms with E-state index < -0.39 is 17.7 Å². The maximum absolute atomic E-state index is 13.2. The first-order valence-corrected chi connectivity index (χ1v) is 10.3. The van der Waals surface area contributed by atoms with Crippen LogP contribution in [0.3, 0.4) is 0 Å². The van der Waals surface area contributed by atoms with E-state index >= 15 is 0 Å². The minimum Gasteiger partial charge on any atom is -0.507 e. The number of nitrogens with zero attached hydrogens (tertiary/aromatic N) is 4. The highest BCUT2D eigenvalue weighted by atomic mass is 16.5. The monoisotopic (exact) mass is 426 g/mol. The Kier molecular flexibility index (Phi) is 6.50. The van der Waals surface area contributed by atoms with Crippen LogP contribution in [-0.4, -0.2) is 70.7 Å². The Morgan fingerprint density at radius 2 is 1.90 bits per heavy atom. The third kappa shape index (κ3) is 4.07. The number of aliphatic hydroxyl groups is 1. The van der Waals surface area contributed by atoms with Gasteiger partial charge in [0.2, 0.25) is 0 Å². The average molecular weight is 427 g/mol. The van der Waals surface area contributed by atoms with Crippen molar-refractivity contribution in [3.05, 3.63) is 52.4 Å². The van der Waals surface area contributed by atoms with E-state index in [4.69, 9.17) is 4.74 Å². The molecule has 166 valence electrons. The summed E-state index contributed by atoms with van der Waals surface area (Å²) in [6.45, 7) is 4.74. The minimum absolute atomic E-state index is 0.0681. The predicted octanol–water partition coefficient (Wildman–Crippen LogP) is 2.42. The summed E-state index contributed by atoms with van der Waals surface area (Å²) in [7, 11) is 7.24. The molecule has 1 aliphatic rings. The van der Waals surface area contributed by atoms with Gasteiger partial charge in [-0.05, 0) is 47.0 Å². The number of aryl methyl sites for hydroxylation is 2. The summed E-state index contributed by atoms with van der Waals surface area (Å²) < 4.78 is 7.17. The van der Waals surface area contributed by atoms with Crippen molar-refractivity contribution in [3.8, 4) is 5.75 Å². The molecule has 0 unspecified atom stereocenters. The number of likely N-dealkylation sites (tertiary alicyclic amines) is 1. The lowest BCUT2D eigenvalue weighted by molar-refractivity contribution is -0.140. The summed E-state index contributed by atoms with van der Waals surface area (Å²) in [4.78, 5) is 29.8. The van der Waals surface area contributed by atoms with Crippen LogP contribution < -0.4 is 4.74 Å². The fourth-order valence-corrected chi connectivity index (χ4v) is 4.13. The van der Waals surface area contributed by atoms with Crippen molar-refractivity contribution in [2.45, 2.75) is 26.3 Å². The molecular formula is C23H30N4O4. The highest BCUT2D eigenvalue weighted by Gasteiger charge is 2.47. The molecule has 1 aromatic carbocycles. The average Bonchev–Trinajstić information content (AvgIpc) is 3.13. The van der Waals surface area contributed by atoms with E-state index in [0.717, 1.165) is 6.54 Å². The van der Waals surface area contributed by atoms with Crippen molar-refractivity contribution in [1.82, 2.24) is 19.6 Å². The van der Waals surface area contributed by atoms with Crippen molar-refractivity contribution in [1.29, 1.82) is 0 Å². The number of ketones is 1. The Labute approximate surface area is 182 Å². The van der Waals surface area contributed by atoms with Gasteiger partial charge in [0.15, 0.2) is 0 Å². The van der Waals surface area contributed by atoms with Crippen LogP contribution in [0.15, 0.2) is 29.8 Å². The summed E-state index contributed by atoms with van der Waals surface area (Å²) in [6.07, 6.45) is 0.691. The van der Waals surface area contributed by atoms with Crippen LogP contribution in [0.2, 0.25) is 0 Å². The molecule has 1 aliphatic heterocycles. The lowest BCUT2D eigenvalue weighted by atomic mass is 9.94. The predicted molar refractivity (Wildman–Crippen MR) is 118 cm³/mol. The maximum Gasteiger partial charge on any atom is 0.295 e. The molecular weight excluding hydrogens is 396 g/mol. The van der Waals surface area contributed by atoms with E-state index in [1.807, 2.05) is 44.1 Å². The Hall–Kier alpha value is -3.13. The van der Waals surface area contributed by atoms with Crippen molar-refractivity contribution in [2.75, 3.05) is 34.3 Å². The van der Waals surface area contributed by atoms with Gasteiger partial charge >= 0.3 is 0 Å². The molecule has 8 nitrogen and oxygen atoms in total. The number of ether oxygens (including phenoxy) is 1. The largest absolute Gasteiger partial charge is 0.507 e. The number of hydrogen-bond donors (Lipinski definition) is 1. The van der Waals surface area contributed by atoms with Crippen LogP contribution in [0.5, 0.6) is 5.75 Å². The molecule has 8 heteroatoms. The molecule has 31 heavy (non-hydrogen) atoms. The summed E-state index contributed by atoms with van der Waals surface area (Å²) in [5, 5.41) is 15.6. The lowest BCUT2D eigenvalue weighted by Gasteiger charge is -2.27. The Balaban J connectivity index is 2.20. The molecule has 1 aromatic heterocycles. The van der Waals surface area contributed by atoms with Crippen LogP contribution >= 0.6 is 0 Å². The molecule has 1 saturated heterocycles. The van der Waals surface area contributed by atoms with E-state index in [1.54, 1.807) is 31.8 Å². The molecule has 1 amide bonds. The van der Waals surface area contributed by atoms with Crippen LogP contribution in [-0.2, 0) is 16.6 Å². The number of rotatable bonds is 7. The number of para-hydroxylation sites is 1. The quantitative estimate of drug-likeness (QED) is 0.416. The van der Waals surface area contributed by atoms with Gasteiger partial charge in [-0.2, -0.15) is 5.10 Å². The van der Waals surface area contributed by atoms with Gasteiger partial charge in [-0.3, -0.25) is 14.3 Å². The fraction of sp³-hybridized carbons (Fsp3) is 0.435. The van der Waals surface area contributed by atoms with Crippen LogP contribution in [0.4, 0.5) is 0 Å². The second kappa shape index (κ2) is 8.93. The molecule has 1 fully saturated rings. The molecule has 1 atom stereocenters. The highest BCUT2D eigenvalue weighted by molar-refractivity contribution is 6.46. The topological polar surface area (TPSA) is 87.9 Å². The maximum atomic E-state index is 13.2. The van der Waals surface area contributed by atoms with E-state index in [-0.39, 0.29) is 11.3 Å². The van der Waals surface area contributed by atoms with Crippen LogP contribution in [0.1, 0.15) is 35.0 Å². The summed E-state index contributed by atoms with van der Waals surface area (Å²) in [5.41, 5.74) is 2.52. The van der Waals surface area contributed by atoms with Gasteiger partial charge in [-0.25, -0.2) is 0 Å². The fourth-order valence-electron chi connectivity index (χ4n) is 4.13. The van der Waals surface area contributed by atoms with Crippen LogP contribution in [0.25, 0.3) is 5.76 Å². The number of hydrogen-bond acceptors (Lipinski definition) is 6. The Morgan fingerprint density at radius 1 is 1.23 bits per heavy atom. The van der Waals surface area contributed by atoms with E-state index in [2.05, 4.69) is 5.10 Å². The zero-order valence-electron chi connectivity index (χ0n) is 19.0. The summed E-state index contributed by atoms with van der Waals surface area (Å²) in [5.74, 6) is -0.957. The minimum atomic E-state index is -0.739. The normalized spacial score (nSPS) is 18.3. The molecule has 2 heterocycles. The van der Waals surface area contributed by atoms with Crippen molar-refractivity contribution >= 4 is 17.4 Å². The zero-order valence-corrected chi connectivity index (χ0v) is 19.0. The molecule has 0 aliphatic carbocycles. The zero-order chi connectivity index (χ0) is 22.9. The molecule has 0 spiro atoms. The number of carbonyl (C=O) groups excluding carboxylic acids is 2. The van der Waals surface area contributed by atoms with Gasteiger partial charge in [-0.1, -0.05) is 18.2 Å². The smallest absolute Gasteiger partial charge is 0.295 e. The van der Waals surface area contributed by atoms with Gasteiger partial charge in [0, 0.05) is 24.8 Å². The first-order chi connectivity index (χ1) is 14.7. The highest BCUT2D eigenvalue weighted by Crippen LogP contribution is 2.43. The van der Waals surface area contributed by atoms with Crippen molar-refractivity contribution in [3.63, 3.8) is 0 Å². The van der Waals surface area contributed by atoms with Crippen molar-refractivity contribution in [2.24, 2.45) is 7.05 Å². The first-order valence-electron chi connectivity index (χ1n) is 10.3. The van der Waals surface area contributed by atoms with E-state index in [0.29, 0.717) is 41.2 Å². The van der Waals surface area contributed by atoms with Gasteiger partial charge in [0.25, 0.3) is 11.7 Å². The van der Waals surface area contributed by atoms with Gasteiger partial charge in [-0.15, -0.1) is 0 Å². The number of Topliss-reactive ketones (excluding diaryl/α,β-unsaturated/α-hetero) is 1. The molecule has 0 bridgehead atoms. The lowest BCUT2D eigenvalue weighted by Crippen LogP contribution is -2.32. The number of benzene rings is 1. The van der Waals surface area contributed by atoms with Gasteiger partial charge < -0.3 is 19.6 Å². The van der Waals surface area contributed by atoms with Crippen molar-refractivity contribution < 1.29 is 19.4 Å². The third-order valence-corrected chi connectivity index (χ3v) is 5.72. The standard InChI is InChI=1S/C23H30N4O4/c1-14-18(15(2)26(5)24-14)21(28)19-20(16-10-7-8-11-17(16)31-6)27(23(30)22(19)29)13-9-12-25(3)4/h7-8,10-11,20,28H,9,12-13H2,1-6H3/t20-/m0/s1. The molecule has 2 aromatic rings. The Bertz CT molecular complexity index is 1040. The molecule has 3 rings (SSSR count). The number of carbonyl (C=O) groups is 2. The van der Waals surface area contributed by atoms with E-state index in [1.165, 1.54) is 4.90 Å². The summed E-state index contributed by atoms with van der Waals surface area (Å²) >= 11 is 0. The number of methoxy groups -OCH3 is 1. The number of amides is 1. The number of aliphatic hydroxyl groups excluding tert-OH is 1. The SMILES string of the molecule is COc1ccccc1[C@H]1C(=C(O)c2c(C)nn(C)c2C)C(=O)C(=O)N1CCCN(C)C. The van der Waals surface area contributed by atoms with Gasteiger partial charge in [0.1, 0.15) is 11.5 Å². The molecule has 0 saturated carbocycles. The second-order valence-corrected chi connectivity index (χ2v) is 8.06. The number of aromatic nitrogens is 2. The van der Waals surface area contributed by atoms with E-state index in [9.17, 15) is 14.7 Å². The second-order valence-electron chi connectivity index (χ2n) is 8.06. The van der Waals surface area contributed by atoms with Crippen LogP contribution in [0, 0.1) is 13.8 Å². The molecule has 0 radical (unpaired) electrons.